The fourth-order valence-electron chi connectivity index (χ4n) is 5.38. The average Bonchev–Trinajstić information content (AvgIpc) is 3.24. The zero-order chi connectivity index (χ0) is 19.0. The molecule has 0 radical (unpaired) electrons. The van der Waals surface area contributed by atoms with Crippen molar-refractivity contribution >= 4 is 11.8 Å². The second-order valence-electron chi connectivity index (χ2n) is 8.81. The van der Waals surface area contributed by atoms with Gasteiger partial charge < -0.3 is 14.3 Å². The van der Waals surface area contributed by atoms with Gasteiger partial charge in [-0.3, -0.25) is 9.59 Å². The lowest BCUT2D eigenvalue weighted by Crippen LogP contribution is -2.51. The van der Waals surface area contributed by atoms with Crippen LogP contribution in [0.1, 0.15) is 73.2 Å². The lowest BCUT2D eigenvalue weighted by atomic mass is 9.77. The Morgan fingerprint density at radius 2 is 1.93 bits per heavy atom. The molecule has 2 amide bonds. The van der Waals surface area contributed by atoms with E-state index in [2.05, 4.69) is 10.1 Å². The van der Waals surface area contributed by atoms with E-state index >= 15 is 0 Å². The van der Waals surface area contributed by atoms with E-state index in [-0.39, 0.29) is 17.2 Å². The van der Waals surface area contributed by atoms with Crippen LogP contribution >= 0.6 is 0 Å². The zero-order valence-electron chi connectivity index (χ0n) is 16.6. The average molecular weight is 373 g/mol. The third kappa shape index (κ3) is 3.39. The molecule has 1 aliphatic carbocycles. The number of aromatic nitrogens is 1. The van der Waals surface area contributed by atoms with E-state index in [0.717, 1.165) is 32.4 Å². The lowest BCUT2D eigenvalue weighted by Gasteiger charge is -2.41. The molecule has 0 aromatic carbocycles. The fourth-order valence-corrected chi connectivity index (χ4v) is 5.38. The van der Waals surface area contributed by atoms with E-state index in [1.54, 1.807) is 13.8 Å². The quantitative estimate of drug-likeness (QED) is 0.815. The zero-order valence-corrected chi connectivity index (χ0v) is 16.6. The van der Waals surface area contributed by atoms with Gasteiger partial charge in [-0.15, -0.1) is 0 Å². The molecule has 0 unspecified atom stereocenters. The molecule has 0 bridgehead atoms. The van der Waals surface area contributed by atoms with Crippen molar-refractivity contribution in [1.29, 1.82) is 0 Å². The number of hydrogen-bond donors (Lipinski definition) is 0. The molecule has 1 saturated carbocycles. The van der Waals surface area contributed by atoms with Crippen LogP contribution in [0.2, 0.25) is 0 Å². The van der Waals surface area contributed by atoms with Crippen molar-refractivity contribution in [2.24, 2.45) is 11.3 Å². The summed E-state index contributed by atoms with van der Waals surface area (Å²) >= 11 is 0. The maximum atomic E-state index is 13.4. The molecular formula is C21H31N3O3. The van der Waals surface area contributed by atoms with Gasteiger partial charge in [-0.2, -0.15) is 0 Å². The standard InChI is InChI=1S/C21H31N3O3/c1-15-18(16(2)27-22-15)19(25)24-12-10-21(14-24)9-6-11-23(20(21)26)13-17-7-4-3-5-8-17/h17H,3-14H2,1-2H3/t21-/m0/s1. The maximum Gasteiger partial charge on any atom is 0.259 e. The number of rotatable bonds is 3. The molecule has 0 N–H and O–H groups in total. The predicted molar refractivity (Wildman–Crippen MR) is 101 cm³/mol. The molecule has 2 aliphatic heterocycles. The van der Waals surface area contributed by atoms with E-state index < -0.39 is 0 Å². The summed E-state index contributed by atoms with van der Waals surface area (Å²) in [6.45, 7) is 6.55. The maximum absolute atomic E-state index is 13.4. The predicted octanol–water partition coefficient (Wildman–Crippen LogP) is 3.33. The Kier molecular flexibility index (Phi) is 4.99. The number of amides is 2. The van der Waals surface area contributed by atoms with Crippen LogP contribution in [0.25, 0.3) is 0 Å². The molecular weight excluding hydrogens is 342 g/mol. The summed E-state index contributed by atoms with van der Waals surface area (Å²) in [6, 6.07) is 0. The number of carbonyl (C=O) groups excluding carboxylic acids is 2. The molecule has 27 heavy (non-hydrogen) atoms. The minimum absolute atomic E-state index is 0.0414. The summed E-state index contributed by atoms with van der Waals surface area (Å²) in [4.78, 5) is 30.3. The van der Waals surface area contributed by atoms with Crippen LogP contribution in [-0.4, -0.2) is 52.9 Å². The Bertz CT molecular complexity index is 703. The van der Waals surface area contributed by atoms with Crippen LogP contribution in [-0.2, 0) is 4.79 Å². The molecule has 1 aromatic heterocycles. The van der Waals surface area contributed by atoms with E-state index in [9.17, 15) is 9.59 Å². The van der Waals surface area contributed by atoms with Crippen molar-refractivity contribution in [3.63, 3.8) is 0 Å². The summed E-state index contributed by atoms with van der Waals surface area (Å²) in [5, 5.41) is 3.91. The minimum atomic E-state index is -0.373. The SMILES string of the molecule is Cc1noc(C)c1C(=O)N1CC[C@@]2(CCCN(CC3CCCCC3)C2=O)C1. The van der Waals surface area contributed by atoms with Gasteiger partial charge in [0.1, 0.15) is 11.3 Å². The van der Waals surface area contributed by atoms with Crippen molar-refractivity contribution in [2.45, 2.75) is 65.2 Å². The number of nitrogens with zero attached hydrogens (tertiary/aromatic N) is 3. The smallest absolute Gasteiger partial charge is 0.259 e. The fraction of sp³-hybridized carbons (Fsp3) is 0.762. The molecule has 4 rings (SSSR count). The molecule has 1 aromatic rings. The van der Waals surface area contributed by atoms with Gasteiger partial charge >= 0.3 is 0 Å². The summed E-state index contributed by atoms with van der Waals surface area (Å²) < 4.78 is 5.16. The number of aryl methyl sites for hydroxylation is 2. The highest BCUT2D eigenvalue weighted by Crippen LogP contribution is 2.41. The van der Waals surface area contributed by atoms with Gasteiger partial charge in [0.2, 0.25) is 5.91 Å². The Hall–Kier alpha value is -1.85. The molecule has 1 spiro atoms. The topological polar surface area (TPSA) is 66.7 Å². The summed E-state index contributed by atoms with van der Waals surface area (Å²) in [7, 11) is 0. The molecule has 3 heterocycles. The first kappa shape index (κ1) is 18.5. The minimum Gasteiger partial charge on any atom is -0.361 e. The van der Waals surface area contributed by atoms with Crippen LogP contribution in [0.4, 0.5) is 0 Å². The summed E-state index contributed by atoms with van der Waals surface area (Å²) in [6.07, 6.45) is 9.19. The Labute approximate surface area is 161 Å². The molecule has 3 aliphatic rings. The second kappa shape index (κ2) is 7.28. The molecule has 6 nitrogen and oxygen atoms in total. The highest BCUT2D eigenvalue weighted by molar-refractivity contribution is 5.97. The van der Waals surface area contributed by atoms with Crippen LogP contribution in [0, 0.1) is 25.2 Å². The summed E-state index contributed by atoms with van der Waals surface area (Å²) in [5.41, 5.74) is 0.823. The van der Waals surface area contributed by atoms with E-state index in [4.69, 9.17) is 4.52 Å². The number of hydrogen-bond acceptors (Lipinski definition) is 4. The van der Waals surface area contributed by atoms with E-state index in [1.165, 1.54) is 32.1 Å². The Balaban J connectivity index is 1.45. The first-order chi connectivity index (χ1) is 13.0. The highest BCUT2D eigenvalue weighted by Gasteiger charge is 2.50. The summed E-state index contributed by atoms with van der Waals surface area (Å²) in [5.74, 6) is 1.47. The highest BCUT2D eigenvalue weighted by atomic mass is 16.5. The molecule has 148 valence electrons. The van der Waals surface area contributed by atoms with Gasteiger partial charge in [0.05, 0.1) is 11.1 Å². The largest absolute Gasteiger partial charge is 0.361 e. The van der Waals surface area contributed by atoms with Gasteiger partial charge in [-0.05, 0) is 51.9 Å². The number of piperidine rings is 1. The van der Waals surface area contributed by atoms with Crippen molar-refractivity contribution in [2.75, 3.05) is 26.2 Å². The molecule has 3 fully saturated rings. The third-order valence-corrected chi connectivity index (χ3v) is 6.92. The monoisotopic (exact) mass is 373 g/mol. The van der Waals surface area contributed by atoms with Gasteiger partial charge in [-0.25, -0.2) is 0 Å². The number of likely N-dealkylation sites (tertiary alicyclic amines) is 2. The van der Waals surface area contributed by atoms with Crippen LogP contribution in [0.5, 0.6) is 0 Å². The van der Waals surface area contributed by atoms with Gasteiger partial charge in [0.25, 0.3) is 5.91 Å². The van der Waals surface area contributed by atoms with E-state index in [0.29, 0.717) is 36.0 Å². The normalized spacial score (nSPS) is 27.0. The van der Waals surface area contributed by atoms with Gasteiger partial charge in [-0.1, -0.05) is 24.4 Å². The van der Waals surface area contributed by atoms with E-state index in [1.807, 2.05) is 4.90 Å². The number of carbonyl (C=O) groups is 2. The van der Waals surface area contributed by atoms with Crippen molar-refractivity contribution < 1.29 is 14.1 Å². The molecule has 2 saturated heterocycles. The Morgan fingerprint density at radius 3 is 2.63 bits per heavy atom. The first-order valence-electron chi connectivity index (χ1n) is 10.5. The van der Waals surface area contributed by atoms with Gasteiger partial charge in [0.15, 0.2) is 0 Å². The van der Waals surface area contributed by atoms with Crippen molar-refractivity contribution in [3.8, 4) is 0 Å². The third-order valence-electron chi connectivity index (χ3n) is 6.92. The van der Waals surface area contributed by atoms with Crippen molar-refractivity contribution in [1.82, 2.24) is 15.0 Å². The molecule has 1 atom stereocenters. The first-order valence-corrected chi connectivity index (χ1v) is 10.5. The van der Waals surface area contributed by atoms with Crippen LogP contribution in [0.3, 0.4) is 0 Å². The van der Waals surface area contributed by atoms with Crippen LogP contribution in [0.15, 0.2) is 4.52 Å². The van der Waals surface area contributed by atoms with Crippen LogP contribution < -0.4 is 0 Å². The Morgan fingerprint density at radius 1 is 1.15 bits per heavy atom. The molecule has 6 heteroatoms. The second-order valence-corrected chi connectivity index (χ2v) is 8.81. The van der Waals surface area contributed by atoms with Gasteiger partial charge in [0, 0.05) is 26.2 Å². The van der Waals surface area contributed by atoms with Crippen molar-refractivity contribution in [3.05, 3.63) is 17.0 Å². The lowest BCUT2D eigenvalue weighted by molar-refractivity contribution is -0.146.